The van der Waals surface area contributed by atoms with Crippen LogP contribution in [0.5, 0.6) is 5.75 Å². The van der Waals surface area contributed by atoms with Gasteiger partial charge in [-0.25, -0.2) is 0 Å². The Hall–Kier alpha value is -2.50. The molecule has 0 bridgehead atoms. The highest BCUT2D eigenvalue weighted by molar-refractivity contribution is 5.80. The van der Waals surface area contributed by atoms with Gasteiger partial charge < -0.3 is 9.47 Å². The normalized spacial score (nSPS) is 15.1. The molecule has 2 aromatic carbocycles. The predicted octanol–water partition coefficient (Wildman–Crippen LogP) is 6.85. The number of alkyl halides is 3. The Morgan fingerprint density at radius 2 is 1.77 bits per heavy atom. The van der Waals surface area contributed by atoms with Gasteiger partial charge in [-0.05, 0) is 73.4 Å². The van der Waals surface area contributed by atoms with E-state index in [4.69, 9.17) is 9.47 Å². The zero-order valence-corrected chi connectivity index (χ0v) is 18.2. The van der Waals surface area contributed by atoms with Crippen LogP contribution in [0.4, 0.5) is 13.2 Å². The van der Waals surface area contributed by atoms with Crippen LogP contribution >= 0.6 is 0 Å². The first kappa shape index (κ1) is 23.2. The molecular weight excluding hydrogens is 405 g/mol. The van der Waals surface area contributed by atoms with Crippen molar-refractivity contribution in [2.24, 2.45) is 11.8 Å². The number of benzene rings is 2. The first-order valence-electron chi connectivity index (χ1n) is 10.8. The van der Waals surface area contributed by atoms with Crippen LogP contribution in [0.3, 0.4) is 0 Å². The molecule has 0 spiro atoms. The summed E-state index contributed by atoms with van der Waals surface area (Å²) in [4.78, 5) is 12.6. The summed E-state index contributed by atoms with van der Waals surface area (Å²) in [6, 6.07) is 10.6. The summed E-state index contributed by atoms with van der Waals surface area (Å²) >= 11 is 0. The van der Waals surface area contributed by atoms with E-state index in [-0.39, 0.29) is 11.9 Å². The van der Waals surface area contributed by atoms with Crippen LogP contribution in [0.1, 0.15) is 57.1 Å². The van der Waals surface area contributed by atoms with Gasteiger partial charge >= 0.3 is 12.1 Å². The van der Waals surface area contributed by atoms with Crippen LogP contribution in [0.15, 0.2) is 42.5 Å². The number of esters is 1. The molecule has 6 heteroatoms. The number of carbonyl (C=O) groups excluding carboxylic acids is 1. The zero-order valence-electron chi connectivity index (χ0n) is 18.2. The maximum absolute atomic E-state index is 13.0. The lowest BCUT2D eigenvalue weighted by atomic mass is 9.88. The zero-order chi connectivity index (χ0) is 22.6. The van der Waals surface area contributed by atoms with E-state index in [1.54, 1.807) is 6.92 Å². The van der Waals surface area contributed by atoms with E-state index in [9.17, 15) is 18.0 Å². The van der Waals surface area contributed by atoms with Crippen molar-refractivity contribution in [2.45, 2.75) is 52.1 Å². The first-order valence-corrected chi connectivity index (χ1v) is 10.8. The third kappa shape index (κ3) is 6.25. The van der Waals surface area contributed by atoms with Gasteiger partial charge in [-0.1, -0.05) is 32.0 Å². The molecule has 168 valence electrons. The van der Waals surface area contributed by atoms with E-state index < -0.39 is 17.7 Å². The maximum atomic E-state index is 13.0. The number of ether oxygens (including phenoxy) is 2. The molecule has 0 radical (unpaired) electrons. The van der Waals surface area contributed by atoms with Crippen LogP contribution in [0, 0.1) is 11.8 Å². The lowest BCUT2D eigenvalue weighted by Gasteiger charge is -2.20. The van der Waals surface area contributed by atoms with Crippen LogP contribution in [0.25, 0.3) is 11.1 Å². The van der Waals surface area contributed by atoms with E-state index in [1.165, 1.54) is 12.1 Å². The highest BCUT2D eigenvalue weighted by Crippen LogP contribution is 2.38. The van der Waals surface area contributed by atoms with Gasteiger partial charge in [0.2, 0.25) is 0 Å². The van der Waals surface area contributed by atoms with E-state index in [0.717, 1.165) is 30.5 Å². The van der Waals surface area contributed by atoms with Gasteiger partial charge in [-0.3, -0.25) is 4.79 Å². The minimum Gasteiger partial charge on any atom is -0.493 e. The molecule has 2 aromatic rings. The number of halogens is 3. The fraction of sp³-hybridized carbons (Fsp3) is 0.480. The van der Waals surface area contributed by atoms with Crippen molar-refractivity contribution in [1.29, 1.82) is 0 Å². The summed E-state index contributed by atoms with van der Waals surface area (Å²) in [5.41, 5.74) is 1.38. The molecule has 0 aromatic heterocycles. The largest absolute Gasteiger partial charge is 0.493 e. The number of rotatable bonds is 9. The van der Waals surface area contributed by atoms with E-state index >= 15 is 0 Å². The molecule has 1 saturated carbocycles. The molecule has 3 rings (SSSR count). The second-order valence-electron chi connectivity index (χ2n) is 8.52. The molecule has 1 atom stereocenters. The Balaban J connectivity index is 1.99. The summed E-state index contributed by atoms with van der Waals surface area (Å²) < 4.78 is 50.3. The van der Waals surface area contributed by atoms with E-state index in [1.807, 2.05) is 32.0 Å². The molecular formula is C25H29F3O3. The molecule has 1 aliphatic rings. The van der Waals surface area contributed by atoms with Crippen molar-refractivity contribution in [3.63, 3.8) is 0 Å². The molecule has 1 aliphatic carbocycles. The predicted molar refractivity (Wildman–Crippen MR) is 114 cm³/mol. The van der Waals surface area contributed by atoms with Gasteiger partial charge in [0.1, 0.15) is 5.75 Å². The number of hydrogen-bond donors (Lipinski definition) is 0. The first-order chi connectivity index (χ1) is 14.7. The molecule has 0 heterocycles. The van der Waals surface area contributed by atoms with Gasteiger partial charge in [0.05, 0.1) is 24.7 Å². The van der Waals surface area contributed by atoms with Crippen LogP contribution < -0.4 is 4.74 Å². The highest BCUT2D eigenvalue weighted by Gasteiger charge is 2.30. The summed E-state index contributed by atoms with van der Waals surface area (Å²) in [6.07, 6.45) is -1.51. The summed E-state index contributed by atoms with van der Waals surface area (Å²) in [6.45, 7) is 6.72. The maximum Gasteiger partial charge on any atom is 0.416 e. The minimum atomic E-state index is -4.39. The van der Waals surface area contributed by atoms with E-state index in [0.29, 0.717) is 42.4 Å². The SMILES string of the molecule is CCOC(=O)C(CC(C)C)c1ccc(OCC2CC2)c(-c2ccc(C(F)(F)F)cc2)c1. The molecule has 0 N–H and O–H groups in total. The second-order valence-corrected chi connectivity index (χ2v) is 8.52. The number of carbonyl (C=O) groups is 1. The molecule has 0 saturated heterocycles. The Labute approximate surface area is 181 Å². The smallest absolute Gasteiger partial charge is 0.416 e. The summed E-state index contributed by atoms with van der Waals surface area (Å²) in [5.74, 6) is 0.692. The molecule has 1 unspecified atom stereocenters. The molecule has 31 heavy (non-hydrogen) atoms. The van der Waals surface area contributed by atoms with Gasteiger partial charge in [-0.2, -0.15) is 13.2 Å². The van der Waals surface area contributed by atoms with Crippen molar-refractivity contribution in [3.8, 4) is 16.9 Å². The van der Waals surface area contributed by atoms with Gasteiger partial charge in [0, 0.05) is 5.56 Å². The van der Waals surface area contributed by atoms with E-state index in [2.05, 4.69) is 0 Å². The van der Waals surface area contributed by atoms with Crippen LogP contribution in [0.2, 0.25) is 0 Å². The van der Waals surface area contributed by atoms with Gasteiger partial charge in [-0.15, -0.1) is 0 Å². The van der Waals surface area contributed by atoms with Gasteiger partial charge in [0.25, 0.3) is 0 Å². The quantitative estimate of drug-likeness (QED) is 0.405. The fourth-order valence-electron chi connectivity index (χ4n) is 3.53. The summed E-state index contributed by atoms with van der Waals surface area (Å²) in [7, 11) is 0. The standard InChI is InChI=1S/C25H29F3O3/c1-4-30-24(29)22(13-16(2)3)19-9-12-23(31-15-17-5-6-17)21(14-19)18-7-10-20(11-8-18)25(26,27)28/h7-12,14,16-17,22H,4-6,13,15H2,1-3H3. The second kappa shape index (κ2) is 9.75. The topological polar surface area (TPSA) is 35.5 Å². The third-order valence-electron chi connectivity index (χ3n) is 5.38. The highest BCUT2D eigenvalue weighted by atomic mass is 19.4. The van der Waals surface area contributed by atoms with Crippen molar-refractivity contribution in [3.05, 3.63) is 53.6 Å². The Morgan fingerprint density at radius 3 is 2.32 bits per heavy atom. The lowest BCUT2D eigenvalue weighted by Crippen LogP contribution is -2.18. The Morgan fingerprint density at radius 1 is 1.10 bits per heavy atom. The monoisotopic (exact) mass is 434 g/mol. The summed E-state index contributed by atoms with van der Waals surface area (Å²) in [5, 5.41) is 0. The lowest BCUT2D eigenvalue weighted by molar-refractivity contribution is -0.145. The molecule has 0 amide bonds. The molecule has 0 aliphatic heterocycles. The average Bonchev–Trinajstić information content (AvgIpc) is 3.54. The minimum absolute atomic E-state index is 0.273. The van der Waals surface area contributed by atoms with Crippen molar-refractivity contribution in [2.75, 3.05) is 13.2 Å². The van der Waals surface area contributed by atoms with Gasteiger partial charge in [0.15, 0.2) is 0 Å². The Kier molecular flexibility index (Phi) is 7.29. The van der Waals surface area contributed by atoms with Crippen LogP contribution in [-0.4, -0.2) is 19.2 Å². The third-order valence-corrected chi connectivity index (χ3v) is 5.38. The van der Waals surface area contributed by atoms with Crippen molar-refractivity contribution >= 4 is 5.97 Å². The average molecular weight is 434 g/mol. The number of hydrogen-bond acceptors (Lipinski definition) is 3. The molecule has 1 fully saturated rings. The van der Waals surface area contributed by atoms with Crippen molar-refractivity contribution in [1.82, 2.24) is 0 Å². The van der Waals surface area contributed by atoms with Crippen molar-refractivity contribution < 1.29 is 27.4 Å². The Bertz CT molecular complexity index is 884. The fourth-order valence-corrected chi connectivity index (χ4v) is 3.53. The van der Waals surface area contributed by atoms with Crippen LogP contribution in [-0.2, 0) is 15.7 Å². The molecule has 3 nitrogen and oxygen atoms in total.